The molecule has 0 fully saturated rings. The summed E-state index contributed by atoms with van der Waals surface area (Å²) in [4.78, 5) is 16.5. The average molecular weight is 311 g/mol. The van der Waals surface area contributed by atoms with Gasteiger partial charge in [-0.3, -0.25) is 4.79 Å². The number of hydrogen-bond acceptors (Lipinski definition) is 2. The zero-order valence-corrected chi connectivity index (χ0v) is 12.9. The molecule has 0 bridgehead atoms. The highest BCUT2D eigenvalue weighted by Gasteiger charge is 2.16. The fraction of sp³-hybridized carbons (Fsp3) is 0.222. The molecule has 1 amide bonds. The highest BCUT2D eigenvalue weighted by Crippen LogP contribution is 2.13. The molecule has 0 radical (unpaired) electrons. The second-order valence-corrected chi connectivity index (χ2v) is 5.58. The number of aromatic nitrogens is 2. The average Bonchev–Trinajstić information content (AvgIpc) is 2.98. The largest absolute Gasteiger partial charge is 0.349 e. The molecule has 3 aromatic rings. The van der Waals surface area contributed by atoms with Crippen LogP contribution in [-0.4, -0.2) is 15.3 Å². The van der Waals surface area contributed by atoms with Crippen LogP contribution in [0.3, 0.4) is 0 Å². The molecule has 3 rings (SSSR count). The second kappa shape index (κ2) is 6.60. The minimum absolute atomic E-state index is 0.110. The SMILES string of the molecule is CC(Cc1ccccc1F)C(=O)NCc1ncc2ccccn12. The zero-order chi connectivity index (χ0) is 16.2. The second-order valence-electron chi connectivity index (χ2n) is 5.58. The summed E-state index contributed by atoms with van der Waals surface area (Å²) in [6.07, 6.45) is 4.05. The fourth-order valence-electron chi connectivity index (χ4n) is 2.56. The molecular weight excluding hydrogens is 293 g/mol. The zero-order valence-electron chi connectivity index (χ0n) is 12.9. The summed E-state index contributed by atoms with van der Waals surface area (Å²) in [7, 11) is 0. The third kappa shape index (κ3) is 3.39. The van der Waals surface area contributed by atoms with Gasteiger partial charge in [0.25, 0.3) is 0 Å². The van der Waals surface area contributed by atoms with Crippen molar-refractivity contribution in [2.24, 2.45) is 5.92 Å². The van der Waals surface area contributed by atoms with Gasteiger partial charge in [-0.25, -0.2) is 9.37 Å². The van der Waals surface area contributed by atoms with Crippen molar-refractivity contribution in [1.29, 1.82) is 0 Å². The number of halogens is 1. The van der Waals surface area contributed by atoms with E-state index in [2.05, 4.69) is 10.3 Å². The van der Waals surface area contributed by atoms with E-state index < -0.39 is 0 Å². The Morgan fingerprint density at radius 1 is 1.26 bits per heavy atom. The van der Waals surface area contributed by atoms with E-state index in [1.54, 1.807) is 31.3 Å². The molecule has 1 unspecified atom stereocenters. The Morgan fingerprint density at radius 3 is 2.87 bits per heavy atom. The quantitative estimate of drug-likeness (QED) is 0.787. The molecular formula is C18H18FN3O. The maximum atomic E-state index is 13.7. The van der Waals surface area contributed by atoms with Crippen molar-refractivity contribution in [3.8, 4) is 0 Å². The maximum absolute atomic E-state index is 13.7. The number of imidazole rings is 1. The summed E-state index contributed by atoms with van der Waals surface area (Å²) < 4.78 is 15.6. The molecule has 4 nitrogen and oxygen atoms in total. The van der Waals surface area contributed by atoms with Gasteiger partial charge < -0.3 is 9.72 Å². The van der Waals surface area contributed by atoms with Gasteiger partial charge in [0.15, 0.2) is 0 Å². The number of nitrogens with zero attached hydrogens (tertiary/aromatic N) is 2. The summed E-state index contributed by atoms with van der Waals surface area (Å²) in [5, 5.41) is 2.87. The molecule has 5 heteroatoms. The van der Waals surface area contributed by atoms with E-state index in [0.717, 1.165) is 11.3 Å². The van der Waals surface area contributed by atoms with Crippen molar-refractivity contribution in [3.05, 3.63) is 72.1 Å². The number of nitrogens with one attached hydrogen (secondary N) is 1. The predicted molar refractivity (Wildman–Crippen MR) is 86.3 cm³/mol. The van der Waals surface area contributed by atoms with Crippen LogP contribution in [0, 0.1) is 11.7 Å². The summed E-state index contributed by atoms with van der Waals surface area (Å²) in [6.45, 7) is 2.14. The van der Waals surface area contributed by atoms with E-state index in [1.807, 2.05) is 28.8 Å². The van der Waals surface area contributed by atoms with Gasteiger partial charge in [0.1, 0.15) is 11.6 Å². The van der Waals surface area contributed by atoms with Gasteiger partial charge in [0.05, 0.1) is 18.3 Å². The number of hydrogen-bond donors (Lipinski definition) is 1. The highest BCUT2D eigenvalue weighted by atomic mass is 19.1. The van der Waals surface area contributed by atoms with Crippen LogP contribution in [0.4, 0.5) is 4.39 Å². The highest BCUT2D eigenvalue weighted by molar-refractivity contribution is 5.78. The lowest BCUT2D eigenvalue weighted by Gasteiger charge is -2.12. The molecule has 1 atom stereocenters. The normalized spacial score (nSPS) is 12.3. The molecule has 0 aliphatic heterocycles. The van der Waals surface area contributed by atoms with E-state index in [0.29, 0.717) is 18.5 Å². The minimum Gasteiger partial charge on any atom is -0.349 e. The van der Waals surface area contributed by atoms with Crippen LogP contribution in [0.25, 0.3) is 5.52 Å². The van der Waals surface area contributed by atoms with Crippen LogP contribution in [0.5, 0.6) is 0 Å². The van der Waals surface area contributed by atoms with Crippen LogP contribution in [0.15, 0.2) is 54.9 Å². The molecule has 118 valence electrons. The molecule has 2 aromatic heterocycles. The lowest BCUT2D eigenvalue weighted by Crippen LogP contribution is -2.30. The first-order valence-electron chi connectivity index (χ1n) is 7.57. The summed E-state index contributed by atoms with van der Waals surface area (Å²) in [6, 6.07) is 12.4. The van der Waals surface area contributed by atoms with Gasteiger partial charge in [-0.05, 0) is 30.2 Å². The van der Waals surface area contributed by atoms with Gasteiger partial charge in [-0.1, -0.05) is 31.2 Å². The molecule has 1 aromatic carbocycles. The molecule has 0 aliphatic carbocycles. The lowest BCUT2D eigenvalue weighted by atomic mass is 10.00. The maximum Gasteiger partial charge on any atom is 0.223 e. The predicted octanol–water partition coefficient (Wildman–Crippen LogP) is 2.97. The lowest BCUT2D eigenvalue weighted by molar-refractivity contribution is -0.124. The number of amides is 1. The standard InChI is InChI=1S/C18H18FN3O/c1-13(10-14-6-2-3-8-16(14)19)18(23)21-12-17-20-11-15-7-4-5-9-22(15)17/h2-9,11,13H,10,12H2,1H3,(H,21,23). The number of fused-ring (bicyclic) bond motifs is 1. The van der Waals surface area contributed by atoms with Crippen LogP contribution < -0.4 is 5.32 Å². The first-order valence-corrected chi connectivity index (χ1v) is 7.57. The molecule has 0 spiro atoms. The number of carbonyl (C=O) groups is 1. The van der Waals surface area contributed by atoms with Crippen LogP contribution in [0.1, 0.15) is 18.3 Å². The van der Waals surface area contributed by atoms with Crippen molar-refractivity contribution < 1.29 is 9.18 Å². The van der Waals surface area contributed by atoms with E-state index in [-0.39, 0.29) is 17.6 Å². The van der Waals surface area contributed by atoms with Gasteiger partial charge in [0.2, 0.25) is 5.91 Å². The van der Waals surface area contributed by atoms with Crippen molar-refractivity contribution in [2.75, 3.05) is 0 Å². The Labute approximate surface area is 134 Å². The fourth-order valence-corrected chi connectivity index (χ4v) is 2.56. The van der Waals surface area contributed by atoms with Crippen LogP contribution in [-0.2, 0) is 17.8 Å². The molecule has 0 saturated heterocycles. The van der Waals surface area contributed by atoms with Crippen molar-refractivity contribution in [3.63, 3.8) is 0 Å². The molecule has 0 saturated carbocycles. The minimum atomic E-state index is -0.307. The van der Waals surface area contributed by atoms with Crippen molar-refractivity contribution >= 4 is 11.4 Å². The smallest absolute Gasteiger partial charge is 0.223 e. The third-order valence-corrected chi connectivity index (χ3v) is 3.87. The summed E-state index contributed by atoms with van der Waals surface area (Å²) in [5.41, 5.74) is 1.54. The van der Waals surface area contributed by atoms with Crippen molar-refractivity contribution in [2.45, 2.75) is 19.9 Å². The van der Waals surface area contributed by atoms with Gasteiger partial charge in [0, 0.05) is 12.1 Å². The number of rotatable bonds is 5. The van der Waals surface area contributed by atoms with E-state index in [1.165, 1.54) is 6.07 Å². The van der Waals surface area contributed by atoms with Gasteiger partial charge in [-0.15, -0.1) is 0 Å². The van der Waals surface area contributed by atoms with E-state index in [4.69, 9.17) is 0 Å². The number of pyridine rings is 1. The third-order valence-electron chi connectivity index (χ3n) is 3.87. The van der Waals surface area contributed by atoms with Crippen molar-refractivity contribution in [1.82, 2.24) is 14.7 Å². The van der Waals surface area contributed by atoms with Gasteiger partial charge in [-0.2, -0.15) is 0 Å². The Morgan fingerprint density at radius 2 is 2.04 bits per heavy atom. The number of benzene rings is 1. The molecule has 2 heterocycles. The monoisotopic (exact) mass is 311 g/mol. The summed E-state index contributed by atoms with van der Waals surface area (Å²) in [5.74, 6) is 0.0810. The molecule has 0 aliphatic rings. The van der Waals surface area contributed by atoms with Crippen LogP contribution >= 0.6 is 0 Å². The molecule has 1 N–H and O–H groups in total. The van der Waals surface area contributed by atoms with E-state index >= 15 is 0 Å². The van der Waals surface area contributed by atoms with Gasteiger partial charge >= 0.3 is 0 Å². The Bertz CT molecular complexity index is 828. The Balaban J connectivity index is 1.62. The van der Waals surface area contributed by atoms with E-state index in [9.17, 15) is 9.18 Å². The summed E-state index contributed by atoms with van der Waals surface area (Å²) >= 11 is 0. The Kier molecular flexibility index (Phi) is 4.37. The topological polar surface area (TPSA) is 46.4 Å². The first-order chi connectivity index (χ1) is 11.1. The first kappa shape index (κ1) is 15.2. The Hall–Kier alpha value is -2.69. The number of carbonyl (C=O) groups excluding carboxylic acids is 1. The molecule has 23 heavy (non-hydrogen) atoms. The van der Waals surface area contributed by atoms with Crippen LogP contribution in [0.2, 0.25) is 0 Å².